The van der Waals surface area contributed by atoms with Crippen LogP contribution in [0.1, 0.15) is 0 Å². The second-order valence-corrected chi connectivity index (χ2v) is 5.64. The van der Waals surface area contributed by atoms with E-state index in [1.807, 2.05) is 0 Å². The van der Waals surface area contributed by atoms with Gasteiger partial charge in [-0.05, 0) is 36.4 Å². The zero-order valence-electron chi connectivity index (χ0n) is 11.7. The summed E-state index contributed by atoms with van der Waals surface area (Å²) in [5.41, 5.74) is 2.06. The summed E-state index contributed by atoms with van der Waals surface area (Å²) in [7, 11) is 1.79. The number of halogens is 5. The van der Waals surface area contributed by atoms with Crippen molar-refractivity contribution in [1.82, 2.24) is 9.55 Å². The Morgan fingerprint density at radius 1 is 1.04 bits per heavy atom. The molecule has 0 fully saturated rings. The molecule has 3 aromatic rings. The first-order valence-electron chi connectivity index (χ1n) is 6.42. The predicted molar refractivity (Wildman–Crippen MR) is 82.9 cm³/mol. The van der Waals surface area contributed by atoms with Crippen molar-refractivity contribution < 1.29 is 17.9 Å². The molecule has 0 unspecified atom stereocenters. The average molecular weight is 361 g/mol. The summed E-state index contributed by atoms with van der Waals surface area (Å²) in [5.74, 6) is 0.294. The molecule has 0 atom stereocenters. The van der Waals surface area contributed by atoms with Gasteiger partial charge in [0.2, 0.25) is 0 Å². The van der Waals surface area contributed by atoms with Crippen LogP contribution in [0.2, 0.25) is 10.0 Å². The predicted octanol–water partition coefficient (Wildman–Crippen LogP) is 5.45. The molecule has 0 saturated carbocycles. The van der Waals surface area contributed by atoms with Crippen molar-refractivity contribution in [2.24, 2.45) is 7.05 Å². The van der Waals surface area contributed by atoms with E-state index in [9.17, 15) is 13.2 Å². The van der Waals surface area contributed by atoms with Gasteiger partial charge in [-0.1, -0.05) is 23.2 Å². The average Bonchev–Trinajstić information content (AvgIpc) is 2.76. The largest absolute Gasteiger partial charge is 0.573 e. The second kappa shape index (κ2) is 5.62. The molecule has 1 heterocycles. The van der Waals surface area contributed by atoms with Crippen molar-refractivity contribution in [3.05, 3.63) is 46.4 Å². The van der Waals surface area contributed by atoms with Crippen molar-refractivity contribution in [3.63, 3.8) is 0 Å². The highest BCUT2D eigenvalue weighted by molar-refractivity contribution is 6.42. The molecule has 1 aromatic heterocycles. The van der Waals surface area contributed by atoms with Gasteiger partial charge in [0, 0.05) is 12.6 Å². The molecule has 23 heavy (non-hydrogen) atoms. The van der Waals surface area contributed by atoms with Gasteiger partial charge >= 0.3 is 6.36 Å². The molecule has 8 heteroatoms. The van der Waals surface area contributed by atoms with Crippen molar-refractivity contribution in [3.8, 4) is 17.1 Å². The molecule has 3 rings (SSSR count). The summed E-state index contributed by atoms with van der Waals surface area (Å²) in [6.45, 7) is 0. The third-order valence-corrected chi connectivity index (χ3v) is 3.99. The van der Waals surface area contributed by atoms with Crippen LogP contribution in [0.5, 0.6) is 5.75 Å². The van der Waals surface area contributed by atoms with E-state index >= 15 is 0 Å². The number of aromatic nitrogens is 2. The van der Waals surface area contributed by atoms with Crippen molar-refractivity contribution in [2.75, 3.05) is 0 Å². The molecular weight excluding hydrogens is 352 g/mol. The monoisotopic (exact) mass is 360 g/mol. The zero-order valence-corrected chi connectivity index (χ0v) is 13.2. The lowest BCUT2D eigenvalue weighted by molar-refractivity contribution is -0.274. The lowest BCUT2D eigenvalue weighted by Gasteiger charge is -2.09. The van der Waals surface area contributed by atoms with Crippen molar-refractivity contribution >= 4 is 34.2 Å². The first kappa shape index (κ1) is 16.0. The Morgan fingerprint density at radius 3 is 2.26 bits per heavy atom. The molecule has 0 aliphatic carbocycles. The standard InChI is InChI=1S/C15H9Cl2F3N2O/c1-22-13-7-11(17)10(16)6-12(13)21-14(22)8-2-4-9(5-3-8)23-15(18,19)20/h2-7H,1H3. The Morgan fingerprint density at radius 2 is 1.65 bits per heavy atom. The summed E-state index contributed by atoms with van der Waals surface area (Å²) in [6, 6.07) is 8.82. The summed E-state index contributed by atoms with van der Waals surface area (Å²) < 4.78 is 42.2. The molecule has 0 N–H and O–H groups in total. The van der Waals surface area contributed by atoms with Crippen LogP contribution in [0.3, 0.4) is 0 Å². The second-order valence-electron chi connectivity index (χ2n) is 4.82. The van der Waals surface area contributed by atoms with E-state index in [0.29, 0.717) is 26.9 Å². The van der Waals surface area contributed by atoms with Crippen LogP contribution in [0.15, 0.2) is 36.4 Å². The molecule has 0 bridgehead atoms. The molecule has 0 radical (unpaired) electrons. The van der Waals surface area contributed by atoms with Crippen LogP contribution in [-0.4, -0.2) is 15.9 Å². The van der Waals surface area contributed by atoms with Gasteiger partial charge < -0.3 is 9.30 Å². The SMILES string of the molecule is Cn1c(-c2ccc(OC(F)(F)F)cc2)nc2cc(Cl)c(Cl)cc21. The molecule has 0 saturated heterocycles. The Bertz CT molecular complexity index is 873. The molecule has 0 spiro atoms. The van der Waals surface area contributed by atoms with Gasteiger partial charge in [0.1, 0.15) is 11.6 Å². The normalized spacial score (nSPS) is 11.9. The van der Waals surface area contributed by atoms with Gasteiger partial charge in [-0.3, -0.25) is 0 Å². The maximum Gasteiger partial charge on any atom is 0.573 e. The van der Waals surface area contributed by atoms with Crippen LogP contribution < -0.4 is 4.74 Å². The summed E-state index contributed by atoms with van der Waals surface area (Å²) >= 11 is 12.0. The summed E-state index contributed by atoms with van der Waals surface area (Å²) in [6.07, 6.45) is -4.72. The Kier molecular flexibility index (Phi) is 3.90. The molecule has 0 aliphatic heterocycles. The lowest BCUT2D eigenvalue weighted by Crippen LogP contribution is -2.16. The number of aryl methyl sites for hydroxylation is 1. The van der Waals surface area contributed by atoms with Crippen LogP contribution in [0, 0.1) is 0 Å². The number of hydrogen-bond acceptors (Lipinski definition) is 2. The molecule has 0 amide bonds. The molecule has 120 valence electrons. The minimum atomic E-state index is -4.72. The maximum atomic E-state index is 12.2. The summed E-state index contributed by atoms with van der Waals surface area (Å²) in [5, 5.41) is 0.792. The topological polar surface area (TPSA) is 27.1 Å². The first-order valence-corrected chi connectivity index (χ1v) is 7.18. The van der Waals surface area contributed by atoms with Gasteiger partial charge in [-0.25, -0.2) is 4.98 Å². The zero-order chi connectivity index (χ0) is 16.8. The first-order chi connectivity index (χ1) is 10.7. The smallest absolute Gasteiger partial charge is 0.406 e. The number of benzene rings is 2. The highest BCUT2D eigenvalue weighted by Crippen LogP contribution is 2.31. The van der Waals surface area contributed by atoms with Crippen molar-refractivity contribution in [2.45, 2.75) is 6.36 Å². The van der Waals surface area contributed by atoms with E-state index in [4.69, 9.17) is 23.2 Å². The highest BCUT2D eigenvalue weighted by Gasteiger charge is 2.31. The Labute approximate surface area is 139 Å². The van der Waals surface area contributed by atoms with E-state index in [1.54, 1.807) is 23.7 Å². The van der Waals surface area contributed by atoms with Gasteiger partial charge in [-0.15, -0.1) is 13.2 Å². The van der Waals surface area contributed by atoms with E-state index in [2.05, 4.69) is 9.72 Å². The van der Waals surface area contributed by atoms with Gasteiger partial charge in [0.15, 0.2) is 0 Å². The van der Waals surface area contributed by atoms with Crippen LogP contribution in [0.25, 0.3) is 22.4 Å². The van der Waals surface area contributed by atoms with Crippen LogP contribution in [-0.2, 0) is 7.05 Å². The van der Waals surface area contributed by atoms with Gasteiger partial charge in [0.25, 0.3) is 0 Å². The number of alkyl halides is 3. The lowest BCUT2D eigenvalue weighted by atomic mass is 10.2. The fourth-order valence-corrected chi connectivity index (χ4v) is 2.57. The highest BCUT2D eigenvalue weighted by atomic mass is 35.5. The third-order valence-electron chi connectivity index (χ3n) is 3.27. The van der Waals surface area contributed by atoms with E-state index in [1.165, 1.54) is 24.3 Å². The van der Waals surface area contributed by atoms with Gasteiger partial charge in [-0.2, -0.15) is 0 Å². The van der Waals surface area contributed by atoms with Crippen LogP contribution in [0.4, 0.5) is 13.2 Å². The fraction of sp³-hybridized carbons (Fsp3) is 0.133. The quantitative estimate of drug-likeness (QED) is 0.607. The fourth-order valence-electron chi connectivity index (χ4n) is 2.25. The van der Waals surface area contributed by atoms with E-state index in [0.717, 1.165) is 5.52 Å². The number of imidazole rings is 1. The number of hydrogen-bond donors (Lipinski definition) is 0. The molecular formula is C15H9Cl2F3N2O. The van der Waals surface area contributed by atoms with Crippen LogP contribution >= 0.6 is 23.2 Å². The number of nitrogens with zero attached hydrogens (tertiary/aromatic N) is 2. The number of ether oxygens (including phenoxy) is 1. The minimum Gasteiger partial charge on any atom is -0.406 e. The Balaban J connectivity index is 2.01. The maximum absolute atomic E-state index is 12.2. The molecule has 3 nitrogen and oxygen atoms in total. The minimum absolute atomic E-state index is 0.286. The molecule has 0 aliphatic rings. The summed E-state index contributed by atoms with van der Waals surface area (Å²) in [4.78, 5) is 4.45. The van der Waals surface area contributed by atoms with Crippen molar-refractivity contribution in [1.29, 1.82) is 0 Å². The van der Waals surface area contributed by atoms with E-state index < -0.39 is 6.36 Å². The van der Waals surface area contributed by atoms with Gasteiger partial charge in [0.05, 0.1) is 21.1 Å². The van der Waals surface area contributed by atoms with E-state index in [-0.39, 0.29) is 5.75 Å². The Hall–Kier alpha value is -1.92. The number of rotatable bonds is 2. The molecule has 2 aromatic carbocycles. The third kappa shape index (κ3) is 3.23. The number of fused-ring (bicyclic) bond motifs is 1.